The van der Waals surface area contributed by atoms with Crippen molar-refractivity contribution in [3.05, 3.63) is 107 Å². The molecule has 0 radical (unpaired) electrons. The molecule has 5 rings (SSSR count). The zero-order chi connectivity index (χ0) is 28.5. The van der Waals surface area contributed by atoms with E-state index in [4.69, 9.17) is 11.6 Å². The molecule has 0 spiro atoms. The van der Waals surface area contributed by atoms with Crippen molar-refractivity contribution in [2.45, 2.75) is 36.7 Å². The second kappa shape index (κ2) is 10.7. The number of hydrogen-bond donors (Lipinski definition) is 1. The quantitative estimate of drug-likeness (QED) is 0.180. The van der Waals surface area contributed by atoms with Crippen LogP contribution in [0.3, 0.4) is 0 Å². The Hall–Kier alpha value is -4.23. The Labute approximate surface area is 232 Å². The molecule has 0 bridgehead atoms. The summed E-state index contributed by atoms with van der Waals surface area (Å²) in [6, 6.07) is 17.4. The van der Waals surface area contributed by atoms with Gasteiger partial charge in [0, 0.05) is 12.3 Å². The molecule has 2 heterocycles. The summed E-state index contributed by atoms with van der Waals surface area (Å²) in [7, 11) is 0. The number of aromatic nitrogens is 3. The van der Waals surface area contributed by atoms with E-state index in [9.17, 15) is 27.6 Å². The molecule has 1 amide bonds. The molecule has 1 unspecified atom stereocenters. The molecule has 0 aliphatic heterocycles. The van der Waals surface area contributed by atoms with Gasteiger partial charge in [-0.3, -0.25) is 9.78 Å². The molecule has 2 aromatic heterocycles. The summed E-state index contributed by atoms with van der Waals surface area (Å²) < 4.78 is 56.3. The van der Waals surface area contributed by atoms with Gasteiger partial charge in [-0.05, 0) is 66.8 Å². The minimum absolute atomic E-state index is 0.0592. The van der Waals surface area contributed by atoms with Crippen LogP contribution in [-0.2, 0) is 11.1 Å². The molecule has 1 aliphatic carbocycles. The third-order valence-corrected chi connectivity index (χ3v) is 7.39. The number of amides is 1. The van der Waals surface area contributed by atoms with E-state index in [1.807, 2.05) is 6.07 Å². The van der Waals surface area contributed by atoms with Gasteiger partial charge < -0.3 is 5.32 Å². The topological polar surface area (TPSA) is 83.6 Å². The predicted octanol–water partition coefficient (Wildman–Crippen LogP) is 7.22. The Kier molecular flexibility index (Phi) is 7.34. The Balaban J connectivity index is 1.52. The molecule has 1 fully saturated rings. The Morgan fingerprint density at radius 2 is 1.88 bits per heavy atom. The van der Waals surface area contributed by atoms with Crippen LogP contribution in [0.5, 0.6) is 0 Å². The first kappa shape index (κ1) is 27.3. The van der Waals surface area contributed by atoms with E-state index in [0.29, 0.717) is 29.7 Å². The number of nitrogens with one attached hydrogen (secondary N) is 1. The van der Waals surface area contributed by atoms with Gasteiger partial charge in [0.25, 0.3) is 5.91 Å². The zero-order valence-corrected chi connectivity index (χ0v) is 21.7. The molecule has 6 nitrogen and oxygen atoms in total. The van der Waals surface area contributed by atoms with E-state index in [-0.39, 0.29) is 16.9 Å². The highest BCUT2D eigenvalue weighted by Crippen LogP contribution is 2.45. The maximum atomic E-state index is 15.0. The van der Waals surface area contributed by atoms with Crippen LogP contribution >= 0.6 is 11.6 Å². The number of rotatable bonds is 8. The van der Waals surface area contributed by atoms with E-state index < -0.39 is 34.2 Å². The van der Waals surface area contributed by atoms with E-state index >= 15 is 0 Å². The monoisotopic (exact) mass is 567 g/mol. The van der Waals surface area contributed by atoms with Crippen LogP contribution in [0, 0.1) is 23.1 Å². The first-order chi connectivity index (χ1) is 19.1. The number of anilines is 1. The second-order valence-electron chi connectivity index (χ2n) is 9.63. The normalized spacial score (nSPS) is 14.8. The van der Waals surface area contributed by atoms with Gasteiger partial charge >= 0.3 is 6.18 Å². The Morgan fingerprint density at radius 1 is 1.07 bits per heavy atom. The summed E-state index contributed by atoms with van der Waals surface area (Å²) in [5, 5.41) is 15.1. The van der Waals surface area contributed by atoms with Gasteiger partial charge in [-0.1, -0.05) is 31.0 Å². The fourth-order valence-corrected chi connectivity index (χ4v) is 4.80. The van der Waals surface area contributed by atoms with E-state index in [1.54, 1.807) is 24.4 Å². The van der Waals surface area contributed by atoms with Gasteiger partial charge in [-0.25, -0.2) is 9.07 Å². The first-order valence-corrected chi connectivity index (χ1v) is 12.9. The molecule has 204 valence electrons. The molecule has 1 atom stereocenters. The van der Waals surface area contributed by atoms with Gasteiger partial charge in [0.05, 0.1) is 28.7 Å². The maximum absolute atomic E-state index is 15.0. The summed E-state index contributed by atoms with van der Waals surface area (Å²) >= 11 is 7.16. The van der Waals surface area contributed by atoms with Crippen molar-refractivity contribution in [2.24, 2.45) is 5.92 Å². The van der Waals surface area contributed by atoms with Crippen LogP contribution in [0.25, 0.3) is 5.69 Å². The van der Waals surface area contributed by atoms with Crippen LogP contribution in [0.2, 0.25) is 0 Å². The highest BCUT2D eigenvalue weighted by molar-refractivity contribution is 6.26. The van der Waals surface area contributed by atoms with Crippen LogP contribution in [-0.4, -0.2) is 20.7 Å². The lowest BCUT2D eigenvalue weighted by atomic mass is 9.88. The minimum Gasteiger partial charge on any atom is -0.318 e. The van der Waals surface area contributed by atoms with Crippen molar-refractivity contribution in [3.8, 4) is 11.8 Å². The molecule has 1 aliphatic rings. The number of pyridine rings is 1. The lowest BCUT2D eigenvalue weighted by Crippen LogP contribution is -2.23. The molecule has 40 heavy (non-hydrogen) atoms. The van der Waals surface area contributed by atoms with Crippen LogP contribution in [0.4, 0.5) is 23.2 Å². The average Bonchev–Trinajstić information content (AvgIpc) is 3.67. The summed E-state index contributed by atoms with van der Waals surface area (Å²) in [4.78, 5) is 16.6. The molecule has 1 N–H and O–H groups in total. The summed E-state index contributed by atoms with van der Waals surface area (Å²) in [5.41, 5.74) is -0.813. The average molecular weight is 568 g/mol. The number of nitriles is 1. The third-order valence-electron chi connectivity index (χ3n) is 6.79. The fourth-order valence-electron chi connectivity index (χ4n) is 4.47. The van der Waals surface area contributed by atoms with Crippen LogP contribution in [0.1, 0.15) is 58.7 Å². The lowest BCUT2D eigenvalue weighted by Gasteiger charge is -2.28. The number of halogens is 5. The Morgan fingerprint density at radius 3 is 2.55 bits per heavy atom. The van der Waals surface area contributed by atoms with Crippen LogP contribution < -0.4 is 5.32 Å². The number of hydrogen-bond acceptors (Lipinski definition) is 4. The maximum Gasteiger partial charge on any atom is 0.435 e. The van der Waals surface area contributed by atoms with Crippen molar-refractivity contribution in [1.82, 2.24) is 14.8 Å². The number of alkyl halides is 4. The van der Waals surface area contributed by atoms with Gasteiger partial charge in [0.15, 0.2) is 5.69 Å². The SMILES string of the molecule is N#Cc1cccc(-n2nc(C(F)(F)F)cc2C(=O)Nc2cc(C(Cl)(CCC3CC3)c3ccccn3)ccc2F)c1. The van der Waals surface area contributed by atoms with Gasteiger partial charge in [0.1, 0.15) is 16.4 Å². The van der Waals surface area contributed by atoms with E-state index in [2.05, 4.69) is 15.4 Å². The number of carbonyl (C=O) groups excluding carboxylic acids is 1. The smallest absolute Gasteiger partial charge is 0.318 e. The number of benzene rings is 2. The van der Waals surface area contributed by atoms with Crippen LogP contribution in [0.15, 0.2) is 72.9 Å². The fraction of sp³-hybridized carbons (Fsp3) is 0.241. The minimum atomic E-state index is -4.85. The van der Waals surface area contributed by atoms with Gasteiger partial charge in [-0.2, -0.15) is 23.5 Å². The van der Waals surface area contributed by atoms with Crippen molar-refractivity contribution < 1.29 is 22.4 Å². The highest BCUT2D eigenvalue weighted by Gasteiger charge is 2.38. The second-order valence-corrected chi connectivity index (χ2v) is 10.3. The van der Waals surface area contributed by atoms with Crippen molar-refractivity contribution in [3.63, 3.8) is 0 Å². The molecular weight excluding hydrogens is 546 g/mol. The largest absolute Gasteiger partial charge is 0.435 e. The molecular formula is C29H22ClF4N5O. The number of nitrogens with zero attached hydrogens (tertiary/aromatic N) is 4. The van der Waals surface area contributed by atoms with Gasteiger partial charge in [0.2, 0.25) is 0 Å². The molecule has 4 aromatic rings. The Bertz CT molecular complexity index is 1590. The van der Waals surface area contributed by atoms with Crippen molar-refractivity contribution in [1.29, 1.82) is 5.26 Å². The molecule has 2 aromatic carbocycles. The summed E-state index contributed by atoms with van der Waals surface area (Å²) in [6.45, 7) is 0. The molecule has 1 saturated carbocycles. The standard InChI is InChI=1S/C29H22ClF4N5O/c30-28(12-11-18-7-8-18,25-6-1-2-13-36-25)20-9-10-22(31)23(15-20)37-27(40)24-16-26(29(32,33)34)38-39(24)21-5-3-4-19(14-21)17-35/h1-6,9-10,13-16,18H,7-8,11-12H2,(H,37,40). The summed E-state index contributed by atoms with van der Waals surface area (Å²) in [6.07, 6.45) is 0.347. The first-order valence-electron chi connectivity index (χ1n) is 12.5. The summed E-state index contributed by atoms with van der Waals surface area (Å²) in [5.74, 6) is -1.27. The number of carbonyl (C=O) groups is 1. The van der Waals surface area contributed by atoms with Crippen molar-refractivity contribution >= 4 is 23.2 Å². The highest BCUT2D eigenvalue weighted by atomic mass is 35.5. The lowest BCUT2D eigenvalue weighted by molar-refractivity contribution is -0.141. The third kappa shape index (κ3) is 5.70. The zero-order valence-electron chi connectivity index (χ0n) is 20.9. The molecule has 0 saturated heterocycles. The van der Waals surface area contributed by atoms with E-state index in [1.165, 1.54) is 36.4 Å². The van der Waals surface area contributed by atoms with E-state index in [0.717, 1.165) is 30.0 Å². The van der Waals surface area contributed by atoms with Gasteiger partial charge in [-0.15, -0.1) is 11.6 Å². The predicted molar refractivity (Wildman–Crippen MR) is 140 cm³/mol. The van der Waals surface area contributed by atoms with Crippen molar-refractivity contribution in [2.75, 3.05) is 5.32 Å². The molecule has 11 heteroatoms.